The zero-order chi connectivity index (χ0) is 23.2. The second-order valence-electron chi connectivity index (χ2n) is 8.07. The number of hydrogen-bond acceptors (Lipinski definition) is 4. The van der Waals surface area contributed by atoms with Crippen LogP contribution >= 0.6 is 0 Å². The Morgan fingerprint density at radius 2 is 1.91 bits per heavy atom. The Morgan fingerprint density at radius 1 is 1.22 bits per heavy atom. The molecule has 170 valence electrons. The number of rotatable bonds is 3. The first-order chi connectivity index (χ1) is 15.2. The van der Waals surface area contributed by atoms with E-state index in [9.17, 15) is 27.6 Å². The molecule has 7 nitrogen and oxygen atoms in total. The molecule has 32 heavy (non-hydrogen) atoms. The van der Waals surface area contributed by atoms with Gasteiger partial charge in [-0.1, -0.05) is 0 Å². The highest BCUT2D eigenvalue weighted by atomic mass is 19.1. The highest BCUT2D eigenvalue weighted by Crippen LogP contribution is 2.25. The quantitative estimate of drug-likeness (QED) is 0.781. The molecule has 1 aromatic heterocycles. The predicted molar refractivity (Wildman–Crippen MR) is 108 cm³/mol. The molecule has 0 saturated carbocycles. The predicted octanol–water partition coefficient (Wildman–Crippen LogP) is 2.48. The fraction of sp³-hybridized carbons (Fsp3) is 0.409. The molecule has 1 fully saturated rings. The summed E-state index contributed by atoms with van der Waals surface area (Å²) in [6.07, 6.45) is 2.29. The lowest BCUT2D eigenvalue weighted by molar-refractivity contribution is -0.0794. The normalized spacial score (nSPS) is 20.4. The molecule has 4 rings (SSSR count). The monoisotopic (exact) mass is 449 g/mol. The molecule has 1 aromatic carbocycles. The lowest BCUT2D eigenvalue weighted by atomic mass is 10.1. The van der Waals surface area contributed by atoms with E-state index >= 15 is 0 Å². The summed E-state index contributed by atoms with van der Waals surface area (Å²) in [5, 5.41) is 2.29. The van der Waals surface area contributed by atoms with Crippen LogP contribution in [0.2, 0.25) is 0 Å². The van der Waals surface area contributed by atoms with Crippen LogP contribution in [0.25, 0.3) is 0 Å². The number of nitrogens with zero attached hydrogens (tertiary/aromatic N) is 2. The van der Waals surface area contributed by atoms with Crippen LogP contribution in [0, 0.1) is 24.4 Å². The number of hydrogen-bond donors (Lipinski definition) is 1. The number of amides is 2. The molecule has 2 amide bonds. The molecule has 0 bridgehead atoms. The second-order valence-corrected chi connectivity index (χ2v) is 8.07. The van der Waals surface area contributed by atoms with Crippen LogP contribution in [0.1, 0.15) is 51.7 Å². The van der Waals surface area contributed by atoms with Gasteiger partial charge in [0.2, 0.25) is 0 Å². The first-order valence-corrected chi connectivity index (χ1v) is 10.3. The molecule has 0 spiro atoms. The largest absolute Gasteiger partial charge is 0.353 e. The van der Waals surface area contributed by atoms with Crippen molar-refractivity contribution in [3.05, 3.63) is 68.4 Å². The van der Waals surface area contributed by atoms with E-state index in [1.54, 1.807) is 4.90 Å². The number of fused-ring (bicyclic) bond motifs is 2. The lowest BCUT2D eigenvalue weighted by Crippen LogP contribution is -2.51. The fourth-order valence-electron chi connectivity index (χ4n) is 4.18. The Hall–Kier alpha value is -3.14. The average Bonchev–Trinajstić information content (AvgIpc) is 2.90. The van der Waals surface area contributed by atoms with Gasteiger partial charge in [0.1, 0.15) is 28.7 Å². The van der Waals surface area contributed by atoms with Crippen molar-refractivity contribution < 1.29 is 27.5 Å². The molecule has 2 aliphatic rings. The molecule has 3 heterocycles. The highest BCUT2D eigenvalue weighted by Gasteiger charge is 2.37. The second kappa shape index (κ2) is 8.42. The minimum absolute atomic E-state index is 0.0388. The molecular weight excluding hydrogens is 427 g/mol. The van der Waals surface area contributed by atoms with Gasteiger partial charge in [-0.3, -0.25) is 14.4 Å². The van der Waals surface area contributed by atoms with Crippen LogP contribution in [0.15, 0.2) is 23.1 Å². The zero-order valence-electron chi connectivity index (χ0n) is 17.6. The summed E-state index contributed by atoms with van der Waals surface area (Å²) in [5.74, 6) is -4.57. The molecule has 0 radical (unpaired) electrons. The van der Waals surface area contributed by atoms with Gasteiger partial charge in [0.15, 0.2) is 11.7 Å². The molecule has 2 aliphatic heterocycles. The fourth-order valence-corrected chi connectivity index (χ4v) is 4.18. The maximum atomic E-state index is 13.8. The maximum absolute atomic E-state index is 13.8. The van der Waals surface area contributed by atoms with Gasteiger partial charge in [-0.2, -0.15) is 0 Å². The van der Waals surface area contributed by atoms with Crippen molar-refractivity contribution in [2.45, 2.75) is 52.1 Å². The Bertz CT molecular complexity index is 1140. The minimum Gasteiger partial charge on any atom is -0.353 e. The number of nitrogens with one attached hydrogen (secondary N) is 1. The maximum Gasteiger partial charge on any atom is 0.272 e. The van der Waals surface area contributed by atoms with Crippen molar-refractivity contribution in [3.8, 4) is 0 Å². The zero-order valence-corrected chi connectivity index (χ0v) is 17.6. The molecule has 10 heteroatoms. The van der Waals surface area contributed by atoms with Gasteiger partial charge < -0.3 is 19.5 Å². The van der Waals surface area contributed by atoms with Crippen molar-refractivity contribution in [1.29, 1.82) is 0 Å². The summed E-state index contributed by atoms with van der Waals surface area (Å²) in [4.78, 5) is 40.1. The third-order valence-electron chi connectivity index (χ3n) is 5.85. The Labute approximate surface area is 181 Å². The molecule has 1 N–H and O–H groups in total. The van der Waals surface area contributed by atoms with Gasteiger partial charge in [-0.05, 0) is 26.7 Å². The molecular formula is C22H22F3N3O4. The van der Waals surface area contributed by atoms with E-state index in [1.165, 1.54) is 17.7 Å². The Kier molecular flexibility index (Phi) is 5.81. The molecule has 1 saturated heterocycles. The van der Waals surface area contributed by atoms with E-state index in [1.807, 2.05) is 6.92 Å². The van der Waals surface area contributed by atoms with Gasteiger partial charge in [-0.15, -0.1) is 0 Å². The summed E-state index contributed by atoms with van der Waals surface area (Å²) in [6, 6.07) is 1.02. The van der Waals surface area contributed by atoms with Crippen LogP contribution in [0.5, 0.6) is 0 Å². The van der Waals surface area contributed by atoms with Crippen LogP contribution in [0.3, 0.4) is 0 Å². The molecule has 1 unspecified atom stereocenters. The van der Waals surface area contributed by atoms with E-state index in [2.05, 4.69) is 5.32 Å². The van der Waals surface area contributed by atoms with Crippen molar-refractivity contribution >= 4 is 11.8 Å². The lowest BCUT2D eigenvalue weighted by Gasteiger charge is -2.37. The van der Waals surface area contributed by atoms with Crippen molar-refractivity contribution in [2.75, 3.05) is 6.54 Å². The van der Waals surface area contributed by atoms with Gasteiger partial charge in [0.25, 0.3) is 11.8 Å². The van der Waals surface area contributed by atoms with Gasteiger partial charge in [0, 0.05) is 42.5 Å². The van der Waals surface area contributed by atoms with Crippen molar-refractivity contribution in [2.24, 2.45) is 0 Å². The highest BCUT2D eigenvalue weighted by molar-refractivity contribution is 5.98. The van der Waals surface area contributed by atoms with Crippen molar-refractivity contribution in [3.63, 3.8) is 0 Å². The minimum atomic E-state index is -1.15. The van der Waals surface area contributed by atoms with Gasteiger partial charge >= 0.3 is 0 Å². The number of pyridine rings is 1. The Morgan fingerprint density at radius 3 is 2.59 bits per heavy atom. The summed E-state index contributed by atoms with van der Waals surface area (Å²) < 4.78 is 48.2. The topological polar surface area (TPSA) is 80.6 Å². The number of aromatic nitrogens is 1. The summed E-state index contributed by atoms with van der Waals surface area (Å²) in [7, 11) is 0. The van der Waals surface area contributed by atoms with Crippen LogP contribution in [-0.2, 0) is 17.8 Å². The van der Waals surface area contributed by atoms with E-state index < -0.39 is 47.1 Å². The van der Waals surface area contributed by atoms with E-state index in [-0.39, 0.29) is 35.4 Å². The van der Waals surface area contributed by atoms with E-state index in [0.29, 0.717) is 18.7 Å². The number of carbonyl (C=O) groups is 2. The van der Waals surface area contributed by atoms with Crippen molar-refractivity contribution in [1.82, 2.24) is 14.8 Å². The Balaban J connectivity index is 1.63. The van der Waals surface area contributed by atoms with Crippen LogP contribution in [0.4, 0.5) is 13.2 Å². The van der Waals surface area contributed by atoms with E-state index in [4.69, 9.17) is 4.74 Å². The first kappa shape index (κ1) is 22.1. The summed E-state index contributed by atoms with van der Waals surface area (Å²) in [5.41, 5.74) is -1.14. The van der Waals surface area contributed by atoms with Gasteiger partial charge in [-0.25, -0.2) is 13.2 Å². The van der Waals surface area contributed by atoms with Crippen LogP contribution < -0.4 is 10.7 Å². The smallest absolute Gasteiger partial charge is 0.272 e. The van der Waals surface area contributed by atoms with Gasteiger partial charge in [0.05, 0.1) is 12.6 Å². The average molecular weight is 449 g/mol. The third kappa shape index (κ3) is 3.90. The number of carbonyl (C=O) groups excluding carboxylic acids is 2. The molecule has 2 aromatic rings. The third-order valence-corrected chi connectivity index (χ3v) is 5.85. The molecule has 2 atom stereocenters. The number of ether oxygens (including phenoxy) is 1. The first-order valence-electron chi connectivity index (χ1n) is 10.3. The van der Waals surface area contributed by atoms with Crippen LogP contribution in [-0.4, -0.2) is 40.2 Å². The number of benzene rings is 1. The van der Waals surface area contributed by atoms with E-state index in [0.717, 1.165) is 12.8 Å². The summed E-state index contributed by atoms with van der Waals surface area (Å²) >= 11 is 0. The molecule has 0 aliphatic carbocycles. The summed E-state index contributed by atoms with van der Waals surface area (Å²) in [6.45, 7) is 3.57. The standard InChI is InChI=1S/C22H22F3N3O4/c1-11-4-3-5-28-18(32-11)10-27-9-15(20(29)12(2)19(27)22(28)31)21(30)26-8-14-16(24)6-13(23)7-17(14)25/h6-7,9,11,18H,3-5,8,10H2,1-2H3,(H,26,30)/t11-,18?/m1/s1. The number of halogens is 3. The SMILES string of the molecule is Cc1c2n(cc(C(=O)NCc3c(F)cc(F)cc3F)c1=O)CC1O[C@H](C)CCCN1C2=O.